The van der Waals surface area contributed by atoms with E-state index in [4.69, 9.17) is 27.9 Å². The van der Waals surface area contributed by atoms with Crippen molar-refractivity contribution in [1.82, 2.24) is 0 Å². The number of azo groups is 1. The standard InChI is InChI=1S/C26H21Cl2N3O6S/c1-3-14-11-12-19(21(28)25(14)38(34,35)36)30-31-22-16-8-5-4-7-15(16)13-17(24(22)32)26(33)29-23-18(27)9-6-10-20(23)37-2/h4-13,32H,3H2,1-2H3,(H,29,33)(H,34,35,36). The van der Waals surface area contributed by atoms with Gasteiger partial charge in [-0.2, -0.15) is 8.42 Å². The van der Waals surface area contributed by atoms with E-state index >= 15 is 0 Å². The van der Waals surface area contributed by atoms with Gasteiger partial charge in [0.15, 0.2) is 5.75 Å². The summed E-state index contributed by atoms with van der Waals surface area (Å²) in [6.45, 7) is 1.71. The minimum absolute atomic E-state index is 0.0524. The second-order valence-corrected chi connectivity index (χ2v) is 10.2. The van der Waals surface area contributed by atoms with Crippen LogP contribution in [0.2, 0.25) is 10.0 Å². The lowest BCUT2D eigenvalue weighted by atomic mass is 10.0. The van der Waals surface area contributed by atoms with E-state index in [1.807, 2.05) is 0 Å². The van der Waals surface area contributed by atoms with Crippen molar-refractivity contribution in [2.75, 3.05) is 12.4 Å². The number of methoxy groups -OCH3 is 1. The van der Waals surface area contributed by atoms with E-state index in [-0.39, 0.29) is 32.7 Å². The van der Waals surface area contributed by atoms with Gasteiger partial charge in [-0.15, -0.1) is 10.2 Å². The quantitative estimate of drug-likeness (QED) is 0.156. The number of nitrogens with zero attached hydrogens (tertiary/aromatic N) is 2. The number of amides is 1. The topological polar surface area (TPSA) is 138 Å². The van der Waals surface area contributed by atoms with Gasteiger partial charge in [-0.1, -0.05) is 66.5 Å². The van der Waals surface area contributed by atoms with Gasteiger partial charge in [0.25, 0.3) is 16.0 Å². The number of para-hydroxylation sites is 1. The van der Waals surface area contributed by atoms with Crippen molar-refractivity contribution in [1.29, 1.82) is 0 Å². The Labute approximate surface area is 228 Å². The molecular formula is C26H21Cl2N3O6S. The monoisotopic (exact) mass is 573 g/mol. The largest absolute Gasteiger partial charge is 0.505 e. The zero-order valence-corrected chi connectivity index (χ0v) is 22.4. The van der Waals surface area contributed by atoms with E-state index in [0.717, 1.165) is 0 Å². The Bertz CT molecular complexity index is 1710. The lowest BCUT2D eigenvalue weighted by molar-refractivity contribution is 0.102. The number of fused-ring (bicyclic) bond motifs is 1. The molecule has 0 spiro atoms. The molecule has 0 bridgehead atoms. The van der Waals surface area contributed by atoms with Crippen molar-refractivity contribution in [2.24, 2.45) is 10.2 Å². The number of nitrogens with one attached hydrogen (secondary N) is 1. The molecule has 0 aliphatic rings. The number of carbonyl (C=O) groups excluding carboxylic acids is 1. The van der Waals surface area contributed by atoms with Crippen LogP contribution in [0.3, 0.4) is 0 Å². The molecule has 0 saturated heterocycles. The molecule has 0 fully saturated rings. The highest BCUT2D eigenvalue weighted by molar-refractivity contribution is 7.86. The van der Waals surface area contributed by atoms with Crippen LogP contribution in [-0.2, 0) is 16.5 Å². The van der Waals surface area contributed by atoms with Crippen LogP contribution in [0.15, 0.2) is 75.8 Å². The Morgan fingerprint density at radius 2 is 1.79 bits per heavy atom. The Hall–Kier alpha value is -3.70. The molecule has 0 unspecified atom stereocenters. The minimum Gasteiger partial charge on any atom is -0.505 e. The first-order chi connectivity index (χ1) is 18.1. The van der Waals surface area contributed by atoms with Crippen LogP contribution < -0.4 is 10.1 Å². The number of rotatable bonds is 7. The number of hydrogen-bond donors (Lipinski definition) is 3. The molecule has 0 aliphatic carbocycles. The molecule has 4 rings (SSSR count). The third kappa shape index (κ3) is 5.30. The van der Waals surface area contributed by atoms with Crippen molar-refractivity contribution in [3.05, 3.63) is 81.8 Å². The number of aryl methyl sites for hydroxylation is 1. The van der Waals surface area contributed by atoms with Gasteiger partial charge in [-0.05, 0) is 41.6 Å². The number of aromatic hydroxyl groups is 1. The molecule has 12 heteroatoms. The van der Waals surface area contributed by atoms with E-state index in [1.165, 1.54) is 25.3 Å². The van der Waals surface area contributed by atoms with E-state index in [1.54, 1.807) is 49.4 Å². The van der Waals surface area contributed by atoms with Gasteiger partial charge in [0.2, 0.25) is 0 Å². The van der Waals surface area contributed by atoms with E-state index in [0.29, 0.717) is 28.5 Å². The molecule has 38 heavy (non-hydrogen) atoms. The average molecular weight is 574 g/mol. The molecular weight excluding hydrogens is 553 g/mol. The van der Waals surface area contributed by atoms with Gasteiger partial charge >= 0.3 is 0 Å². The third-order valence-electron chi connectivity index (χ3n) is 5.73. The van der Waals surface area contributed by atoms with E-state index in [9.17, 15) is 22.9 Å². The first kappa shape index (κ1) is 27.3. The first-order valence-corrected chi connectivity index (χ1v) is 13.4. The Kier molecular flexibility index (Phi) is 7.89. The molecule has 1 amide bonds. The molecule has 196 valence electrons. The lowest BCUT2D eigenvalue weighted by Gasteiger charge is -2.14. The van der Waals surface area contributed by atoms with Gasteiger partial charge < -0.3 is 15.2 Å². The number of halogens is 2. The fourth-order valence-corrected chi connectivity index (χ4v) is 5.50. The van der Waals surface area contributed by atoms with Crippen LogP contribution in [0.25, 0.3) is 10.8 Å². The van der Waals surface area contributed by atoms with Gasteiger partial charge in [-0.3, -0.25) is 9.35 Å². The second-order valence-electron chi connectivity index (χ2n) is 8.03. The number of phenolic OH excluding ortho intramolecular Hbond substituents is 1. The third-order valence-corrected chi connectivity index (χ3v) is 7.52. The number of ether oxygens (including phenoxy) is 1. The highest BCUT2D eigenvalue weighted by Gasteiger charge is 2.23. The maximum Gasteiger partial charge on any atom is 0.296 e. The van der Waals surface area contributed by atoms with Crippen LogP contribution in [0.4, 0.5) is 17.1 Å². The summed E-state index contributed by atoms with van der Waals surface area (Å²) in [6.07, 6.45) is 0.297. The maximum atomic E-state index is 13.2. The zero-order chi connectivity index (χ0) is 27.6. The average Bonchev–Trinajstić information content (AvgIpc) is 2.88. The summed E-state index contributed by atoms with van der Waals surface area (Å²) in [4.78, 5) is 12.8. The summed E-state index contributed by atoms with van der Waals surface area (Å²) in [5.74, 6) is -0.840. The molecule has 0 aromatic heterocycles. The van der Waals surface area contributed by atoms with Crippen molar-refractivity contribution in [3.8, 4) is 11.5 Å². The summed E-state index contributed by atoms with van der Waals surface area (Å²) in [5.41, 5.74) is 0.293. The summed E-state index contributed by atoms with van der Waals surface area (Å²) < 4.78 is 38.8. The van der Waals surface area contributed by atoms with Crippen LogP contribution in [-0.4, -0.2) is 31.1 Å². The molecule has 0 heterocycles. The number of carbonyl (C=O) groups is 1. The first-order valence-electron chi connectivity index (χ1n) is 11.2. The van der Waals surface area contributed by atoms with Crippen molar-refractivity contribution >= 4 is 67.1 Å². The highest BCUT2D eigenvalue weighted by Crippen LogP contribution is 2.42. The minimum atomic E-state index is -4.64. The molecule has 3 N–H and O–H groups in total. The molecule has 9 nitrogen and oxygen atoms in total. The number of hydrogen-bond acceptors (Lipinski definition) is 7. The summed E-state index contributed by atoms with van der Waals surface area (Å²) in [7, 11) is -3.21. The van der Waals surface area contributed by atoms with Crippen molar-refractivity contribution < 1.29 is 27.6 Å². The summed E-state index contributed by atoms with van der Waals surface area (Å²) in [6, 6.07) is 16.1. The SMILES string of the molecule is CCc1ccc(N=Nc2c(O)c(C(=O)Nc3c(Cl)cccc3OC)cc3ccccc23)c(Cl)c1S(=O)(=O)O. The molecule has 4 aromatic rings. The predicted octanol–water partition coefficient (Wildman–Crippen LogP) is 7.34. The molecule has 0 radical (unpaired) electrons. The second kappa shape index (κ2) is 11.0. The van der Waals surface area contributed by atoms with E-state index in [2.05, 4.69) is 15.5 Å². The van der Waals surface area contributed by atoms with Gasteiger partial charge in [0.1, 0.15) is 27.7 Å². The fourth-order valence-electron chi connectivity index (χ4n) is 3.89. The van der Waals surface area contributed by atoms with E-state index < -0.39 is 26.7 Å². The maximum absolute atomic E-state index is 13.2. The Morgan fingerprint density at radius 1 is 1.05 bits per heavy atom. The van der Waals surface area contributed by atoms with Crippen LogP contribution in [0.5, 0.6) is 11.5 Å². The Balaban J connectivity index is 1.84. The Morgan fingerprint density at radius 3 is 2.47 bits per heavy atom. The normalized spacial score (nSPS) is 11.7. The predicted molar refractivity (Wildman–Crippen MR) is 146 cm³/mol. The van der Waals surface area contributed by atoms with Crippen LogP contribution >= 0.6 is 23.2 Å². The van der Waals surface area contributed by atoms with Crippen LogP contribution in [0, 0.1) is 0 Å². The van der Waals surface area contributed by atoms with Gasteiger partial charge in [0.05, 0.1) is 22.7 Å². The zero-order valence-electron chi connectivity index (χ0n) is 20.1. The molecule has 0 atom stereocenters. The van der Waals surface area contributed by atoms with Gasteiger partial charge in [0, 0.05) is 5.39 Å². The number of anilines is 1. The smallest absolute Gasteiger partial charge is 0.296 e. The fraction of sp³-hybridized carbons (Fsp3) is 0.115. The number of benzene rings is 4. The molecule has 0 aliphatic heterocycles. The highest BCUT2D eigenvalue weighted by atomic mass is 35.5. The number of phenols is 1. The lowest BCUT2D eigenvalue weighted by Crippen LogP contribution is -2.13. The van der Waals surface area contributed by atoms with Crippen molar-refractivity contribution in [3.63, 3.8) is 0 Å². The summed E-state index contributed by atoms with van der Waals surface area (Å²) >= 11 is 12.5. The molecule has 0 saturated carbocycles. The van der Waals surface area contributed by atoms with Gasteiger partial charge in [-0.25, -0.2) is 0 Å². The summed E-state index contributed by atoms with van der Waals surface area (Å²) in [5, 5.41) is 22.9. The molecule has 4 aromatic carbocycles. The van der Waals surface area contributed by atoms with Crippen molar-refractivity contribution in [2.45, 2.75) is 18.2 Å². The van der Waals surface area contributed by atoms with Crippen LogP contribution in [0.1, 0.15) is 22.8 Å².